The zero-order valence-corrected chi connectivity index (χ0v) is 16.7. The van der Waals surface area contributed by atoms with Crippen LogP contribution in [0.1, 0.15) is 24.8 Å². The molecule has 0 amide bonds. The highest BCUT2D eigenvalue weighted by molar-refractivity contribution is 7.91. The molecule has 7 nitrogen and oxygen atoms in total. The molecule has 2 atom stereocenters. The summed E-state index contributed by atoms with van der Waals surface area (Å²) in [5.41, 5.74) is 1.03. The smallest absolute Gasteiger partial charge is 0.231 e. The maximum atomic E-state index is 11.9. The summed E-state index contributed by atoms with van der Waals surface area (Å²) in [5.74, 6) is 1.87. The van der Waals surface area contributed by atoms with Crippen molar-refractivity contribution in [3.63, 3.8) is 0 Å². The standard InChI is InChI=1S/C18H24N2O5S2/c21-27(22)7-5-14(11-27)20(10-15-2-1-6-23-15)18(26)19-9-13-3-4-16-17(8-13)25-12-24-16/h3-4,8,14-15H,1-2,5-7,9-12H2,(H,19,26)/t14-,15+/m0/s1. The summed E-state index contributed by atoms with van der Waals surface area (Å²) >= 11 is 5.63. The van der Waals surface area contributed by atoms with Crippen molar-refractivity contribution in [2.75, 3.05) is 31.5 Å². The van der Waals surface area contributed by atoms with Crippen molar-refractivity contribution in [2.24, 2.45) is 0 Å². The van der Waals surface area contributed by atoms with Gasteiger partial charge in [-0.2, -0.15) is 0 Å². The first-order chi connectivity index (χ1) is 13.0. The van der Waals surface area contributed by atoms with E-state index in [0.717, 1.165) is 36.5 Å². The predicted octanol–water partition coefficient (Wildman–Crippen LogP) is 1.46. The van der Waals surface area contributed by atoms with Crippen LogP contribution in [0.15, 0.2) is 18.2 Å². The van der Waals surface area contributed by atoms with E-state index in [2.05, 4.69) is 5.32 Å². The Morgan fingerprint density at radius 1 is 1.26 bits per heavy atom. The van der Waals surface area contributed by atoms with E-state index in [1.807, 2.05) is 23.1 Å². The second-order valence-electron chi connectivity index (χ2n) is 7.19. The Bertz CT molecular complexity index is 808. The van der Waals surface area contributed by atoms with E-state index in [0.29, 0.717) is 24.6 Å². The number of hydrogen-bond acceptors (Lipinski definition) is 6. The van der Waals surface area contributed by atoms with E-state index in [1.165, 1.54) is 0 Å². The first-order valence-corrected chi connectivity index (χ1v) is 11.5. The Morgan fingerprint density at radius 3 is 2.85 bits per heavy atom. The van der Waals surface area contributed by atoms with Gasteiger partial charge in [-0.3, -0.25) is 0 Å². The van der Waals surface area contributed by atoms with Crippen LogP contribution < -0.4 is 14.8 Å². The zero-order chi connectivity index (χ0) is 18.9. The lowest BCUT2D eigenvalue weighted by Crippen LogP contribution is -2.49. The van der Waals surface area contributed by atoms with Crippen LogP contribution in [-0.4, -0.2) is 62.0 Å². The molecule has 0 aromatic heterocycles. The molecule has 0 bridgehead atoms. The molecule has 0 saturated carbocycles. The Balaban J connectivity index is 1.41. The van der Waals surface area contributed by atoms with E-state index in [1.54, 1.807) is 0 Å². The van der Waals surface area contributed by atoms with Gasteiger partial charge in [0.15, 0.2) is 26.4 Å². The van der Waals surface area contributed by atoms with Crippen LogP contribution in [-0.2, 0) is 21.1 Å². The van der Waals surface area contributed by atoms with E-state index < -0.39 is 9.84 Å². The minimum atomic E-state index is -2.98. The molecular weight excluding hydrogens is 388 g/mol. The van der Waals surface area contributed by atoms with E-state index in [4.69, 9.17) is 26.4 Å². The van der Waals surface area contributed by atoms with Crippen molar-refractivity contribution in [3.05, 3.63) is 23.8 Å². The molecule has 3 aliphatic heterocycles. The third-order valence-corrected chi connectivity index (χ3v) is 7.34. The lowest BCUT2D eigenvalue weighted by Gasteiger charge is -2.33. The third kappa shape index (κ3) is 4.47. The van der Waals surface area contributed by atoms with Crippen LogP contribution in [0.3, 0.4) is 0 Å². The molecule has 1 N–H and O–H groups in total. The lowest BCUT2D eigenvalue weighted by molar-refractivity contribution is 0.0841. The summed E-state index contributed by atoms with van der Waals surface area (Å²) in [6.07, 6.45) is 2.75. The molecule has 2 fully saturated rings. The average Bonchev–Trinajstić information content (AvgIpc) is 3.38. The van der Waals surface area contributed by atoms with Crippen LogP contribution in [0, 0.1) is 0 Å². The van der Waals surface area contributed by atoms with Gasteiger partial charge in [0.2, 0.25) is 6.79 Å². The molecule has 0 aliphatic carbocycles. The van der Waals surface area contributed by atoms with Gasteiger partial charge >= 0.3 is 0 Å². The molecule has 0 spiro atoms. The van der Waals surface area contributed by atoms with Crippen LogP contribution >= 0.6 is 12.2 Å². The van der Waals surface area contributed by atoms with E-state index in [9.17, 15) is 8.42 Å². The van der Waals surface area contributed by atoms with Crippen molar-refractivity contribution in [1.82, 2.24) is 10.2 Å². The van der Waals surface area contributed by atoms with Gasteiger partial charge in [-0.15, -0.1) is 0 Å². The molecule has 3 aliphatic rings. The van der Waals surface area contributed by atoms with Crippen molar-refractivity contribution < 1.29 is 22.6 Å². The summed E-state index contributed by atoms with van der Waals surface area (Å²) in [5, 5.41) is 3.85. The second-order valence-corrected chi connectivity index (χ2v) is 9.81. The van der Waals surface area contributed by atoms with Gasteiger partial charge in [-0.1, -0.05) is 6.07 Å². The lowest BCUT2D eigenvalue weighted by atomic mass is 10.1. The number of sulfone groups is 1. The summed E-state index contributed by atoms with van der Waals surface area (Å²) in [6.45, 7) is 2.18. The molecule has 1 aromatic carbocycles. The number of hydrogen-bond donors (Lipinski definition) is 1. The van der Waals surface area contributed by atoms with Gasteiger partial charge in [0, 0.05) is 25.7 Å². The molecule has 1 aromatic rings. The van der Waals surface area contributed by atoms with Gasteiger partial charge in [-0.05, 0) is 49.2 Å². The fraction of sp³-hybridized carbons (Fsp3) is 0.611. The van der Waals surface area contributed by atoms with Crippen molar-refractivity contribution >= 4 is 27.2 Å². The van der Waals surface area contributed by atoms with Crippen molar-refractivity contribution in [2.45, 2.75) is 38.0 Å². The molecule has 0 radical (unpaired) electrons. The molecule has 3 heterocycles. The zero-order valence-electron chi connectivity index (χ0n) is 15.1. The molecule has 9 heteroatoms. The number of fused-ring (bicyclic) bond motifs is 1. The van der Waals surface area contributed by atoms with Crippen LogP contribution in [0.2, 0.25) is 0 Å². The first kappa shape index (κ1) is 18.8. The average molecular weight is 413 g/mol. The van der Waals surface area contributed by atoms with Crippen LogP contribution in [0.4, 0.5) is 0 Å². The highest BCUT2D eigenvalue weighted by Gasteiger charge is 2.35. The number of ether oxygens (including phenoxy) is 3. The SMILES string of the molecule is O=S1(=O)CC[C@H](N(C[C@H]2CCCO2)C(=S)NCc2ccc3c(c2)OCO3)C1. The van der Waals surface area contributed by atoms with Gasteiger partial charge < -0.3 is 24.4 Å². The Hall–Kier alpha value is -1.58. The number of benzene rings is 1. The Kier molecular flexibility index (Phi) is 5.43. The fourth-order valence-corrected chi connectivity index (χ4v) is 5.78. The first-order valence-electron chi connectivity index (χ1n) is 9.25. The Morgan fingerprint density at radius 2 is 2.11 bits per heavy atom. The molecule has 2 saturated heterocycles. The van der Waals surface area contributed by atoms with Crippen molar-refractivity contribution in [1.29, 1.82) is 0 Å². The normalized spacial score (nSPS) is 25.5. The maximum Gasteiger partial charge on any atom is 0.231 e. The number of thiocarbonyl (C=S) groups is 1. The second kappa shape index (κ2) is 7.81. The summed E-state index contributed by atoms with van der Waals surface area (Å²) in [6, 6.07) is 5.70. The van der Waals surface area contributed by atoms with Gasteiger partial charge in [0.1, 0.15) is 0 Å². The van der Waals surface area contributed by atoms with Crippen LogP contribution in [0.5, 0.6) is 11.5 Å². The summed E-state index contributed by atoms with van der Waals surface area (Å²) in [4.78, 5) is 2.02. The molecule has 4 rings (SSSR count). The number of rotatable bonds is 5. The minimum absolute atomic E-state index is 0.0871. The fourth-order valence-electron chi connectivity index (χ4n) is 3.76. The molecule has 0 unspecified atom stereocenters. The quantitative estimate of drug-likeness (QED) is 0.729. The number of nitrogens with one attached hydrogen (secondary N) is 1. The molecule has 27 heavy (non-hydrogen) atoms. The minimum Gasteiger partial charge on any atom is -0.454 e. The molecular formula is C18H24N2O5S2. The van der Waals surface area contributed by atoms with Crippen molar-refractivity contribution in [3.8, 4) is 11.5 Å². The van der Waals surface area contributed by atoms with Gasteiger partial charge in [0.25, 0.3) is 0 Å². The van der Waals surface area contributed by atoms with E-state index in [-0.39, 0.29) is 30.4 Å². The predicted molar refractivity (Wildman–Crippen MR) is 105 cm³/mol. The van der Waals surface area contributed by atoms with Gasteiger partial charge in [0.05, 0.1) is 17.6 Å². The summed E-state index contributed by atoms with van der Waals surface area (Å²) in [7, 11) is -2.98. The highest BCUT2D eigenvalue weighted by Crippen LogP contribution is 2.32. The van der Waals surface area contributed by atoms with Gasteiger partial charge in [-0.25, -0.2) is 8.42 Å². The highest BCUT2D eigenvalue weighted by atomic mass is 32.2. The molecule has 148 valence electrons. The number of nitrogens with zero attached hydrogens (tertiary/aromatic N) is 1. The third-order valence-electron chi connectivity index (χ3n) is 5.22. The summed E-state index contributed by atoms with van der Waals surface area (Å²) < 4.78 is 40.4. The maximum absolute atomic E-state index is 11.9. The topological polar surface area (TPSA) is 77.1 Å². The monoisotopic (exact) mass is 412 g/mol. The Labute approximate surface area is 164 Å². The largest absolute Gasteiger partial charge is 0.454 e. The van der Waals surface area contributed by atoms with E-state index >= 15 is 0 Å². The van der Waals surface area contributed by atoms with Crippen LogP contribution in [0.25, 0.3) is 0 Å².